The van der Waals surface area contributed by atoms with Crippen LogP contribution in [0.3, 0.4) is 0 Å². The SMILES string of the molecule is CCOC(=O)/C=C/[C@H](C[C@@H]1CCNC1=O)NC(=O)[C@H](CC(C)C)NC(=O)C1(NC(=O)OCc2ccccc2)CC1CCCN. The fourth-order valence-corrected chi connectivity index (χ4v) is 5.49. The molecule has 0 aromatic heterocycles. The van der Waals surface area contributed by atoms with Gasteiger partial charge in [-0.25, -0.2) is 9.59 Å². The molecule has 3 rings (SSSR count). The fraction of sp³-hybridized carbons (Fsp3) is 0.594. The Morgan fingerprint density at radius 3 is 2.52 bits per heavy atom. The summed E-state index contributed by atoms with van der Waals surface area (Å²) in [7, 11) is 0. The number of nitrogens with two attached hydrogens (primary N) is 1. The van der Waals surface area contributed by atoms with Crippen molar-refractivity contribution in [2.24, 2.45) is 23.5 Å². The molecule has 2 unspecified atom stereocenters. The Labute approximate surface area is 259 Å². The van der Waals surface area contributed by atoms with Crippen LogP contribution in [0.15, 0.2) is 42.5 Å². The van der Waals surface area contributed by atoms with Gasteiger partial charge in [0.1, 0.15) is 18.2 Å². The lowest BCUT2D eigenvalue weighted by Crippen LogP contribution is -2.57. The van der Waals surface area contributed by atoms with E-state index in [9.17, 15) is 24.0 Å². The highest BCUT2D eigenvalue weighted by atomic mass is 16.5. The van der Waals surface area contributed by atoms with Crippen molar-refractivity contribution < 1.29 is 33.4 Å². The lowest BCUT2D eigenvalue weighted by molar-refractivity contribution is -0.137. The lowest BCUT2D eigenvalue weighted by Gasteiger charge is -2.27. The van der Waals surface area contributed by atoms with Crippen LogP contribution in [0, 0.1) is 17.8 Å². The first-order valence-electron chi connectivity index (χ1n) is 15.5. The fourth-order valence-electron chi connectivity index (χ4n) is 5.49. The first kappa shape index (κ1) is 34.6. The number of ether oxygens (including phenoxy) is 2. The van der Waals surface area contributed by atoms with Gasteiger partial charge < -0.3 is 36.5 Å². The maximum atomic E-state index is 13.8. The number of carbonyl (C=O) groups is 5. The lowest BCUT2D eigenvalue weighted by atomic mass is 9.96. The van der Waals surface area contributed by atoms with Crippen LogP contribution in [0.1, 0.15) is 64.9 Å². The number of esters is 1. The molecule has 1 aromatic carbocycles. The van der Waals surface area contributed by atoms with Crippen molar-refractivity contribution >= 4 is 29.8 Å². The number of hydrogen-bond acceptors (Lipinski definition) is 8. The van der Waals surface area contributed by atoms with E-state index in [1.165, 1.54) is 12.2 Å². The van der Waals surface area contributed by atoms with Gasteiger partial charge in [0.15, 0.2) is 0 Å². The molecule has 0 bridgehead atoms. The van der Waals surface area contributed by atoms with Gasteiger partial charge in [-0.15, -0.1) is 0 Å². The normalized spacial score (nSPS) is 22.2. The van der Waals surface area contributed by atoms with Crippen LogP contribution in [-0.4, -0.2) is 67.1 Å². The first-order valence-corrected chi connectivity index (χ1v) is 15.5. The van der Waals surface area contributed by atoms with Crippen LogP contribution in [0.25, 0.3) is 0 Å². The Morgan fingerprint density at radius 1 is 1.14 bits per heavy atom. The summed E-state index contributed by atoms with van der Waals surface area (Å²) in [5, 5.41) is 11.4. The summed E-state index contributed by atoms with van der Waals surface area (Å²) in [6, 6.07) is 7.65. The zero-order chi connectivity index (χ0) is 32.1. The zero-order valence-corrected chi connectivity index (χ0v) is 25.9. The van der Waals surface area contributed by atoms with Crippen LogP contribution < -0.4 is 27.0 Å². The van der Waals surface area contributed by atoms with Crippen molar-refractivity contribution in [3.8, 4) is 0 Å². The molecule has 2 aliphatic rings. The molecule has 1 heterocycles. The van der Waals surface area contributed by atoms with E-state index in [4.69, 9.17) is 15.2 Å². The molecule has 1 saturated heterocycles. The highest BCUT2D eigenvalue weighted by molar-refractivity contribution is 5.97. The van der Waals surface area contributed by atoms with Crippen molar-refractivity contribution in [1.29, 1.82) is 0 Å². The zero-order valence-electron chi connectivity index (χ0n) is 25.9. The number of alkyl carbamates (subject to hydrolysis) is 1. The van der Waals surface area contributed by atoms with Gasteiger partial charge in [-0.3, -0.25) is 14.4 Å². The molecule has 6 N–H and O–H groups in total. The summed E-state index contributed by atoms with van der Waals surface area (Å²) >= 11 is 0. The van der Waals surface area contributed by atoms with Crippen molar-refractivity contribution in [3.05, 3.63) is 48.0 Å². The monoisotopic (exact) mass is 613 g/mol. The number of amides is 4. The van der Waals surface area contributed by atoms with E-state index in [1.54, 1.807) is 6.92 Å². The minimum atomic E-state index is -1.22. The topological polar surface area (TPSA) is 178 Å². The minimum absolute atomic E-state index is 0.0483. The van der Waals surface area contributed by atoms with Gasteiger partial charge in [-0.05, 0) is 69.4 Å². The van der Waals surface area contributed by atoms with E-state index in [1.807, 2.05) is 44.2 Å². The molecule has 0 radical (unpaired) electrons. The van der Waals surface area contributed by atoms with Crippen LogP contribution in [0.2, 0.25) is 0 Å². The van der Waals surface area contributed by atoms with Crippen LogP contribution in [0.5, 0.6) is 0 Å². The Morgan fingerprint density at radius 2 is 1.89 bits per heavy atom. The highest BCUT2D eigenvalue weighted by Gasteiger charge is 2.61. The largest absolute Gasteiger partial charge is 0.463 e. The number of hydrogen-bond donors (Lipinski definition) is 5. The average Bonchev–Trinajstić information content (AvgIpc) is 3.55. The third kappa shape index (κ3) is 10.4. The molecule has 0 spiro atoms. The summed E-state index contributed by atoms with van der Waals surface area (Å²) in [5.74, 6) is -2.01. The molecule has 44 heavy (non-hydrogen) atoms. The Kier molecular flexibility index (Phi) is 13.2. The predicted molar refractivity (Wildman–Crippen MR) is 164 cm³/mol. The molecule has 1 saturated carbocycles. The van der Waals surface area contributed by atoms with Gasteiger partial charge in [0.25, 0.3) is 0 Å². The van der Waals surface area contributed by atoms with E-state index in [-0.39, 0.29) is 43.3 Å². The molecule has 1 aromatic rings. The smallest absolute Gasteiger partial charge is 0.408 e. The van der Waals surface area contributed by atoms with E-state index in [0.717, 1.165) is 5.56 Å². The number of rotatable bonds is 17. The molecule has 5 atom stereocenters. The van der Waals surface area contributed by atoms with Crippen LogP contribution in [0.4, 0.5) is 4.79 Å². The quantitative estimate of drug-likeness (QED) is 0.131. The van der Waals surface area contributed by atoms with Crippen LogP contribution in [-0.2, 0) is 35.3 Å². The standard InChI is InChI=1S/C32H47N5O7/c1-4-43-27(38)13-12-25(18-23-14-16-34-28(23)39)35-29(40)26(17-21(2)3)36-30(41)32(19-24(32)11-8-15-33)37-31(42)44-20-22-9-6-5-7-10-22/h5-7,9-10,12-13,21,23-26H,4,8,11,14-20,33H2,1-3H3,(H,34,39)(H,35,40)(H,36,41)(H,37,42)/b13-12+/t23-,24?,25+,26-,32?/m0/s1. The molecule has 2 fully saturated rings. The van der Waals surface area contributed by atoms with Gasteiger partial charge in [-0.1, -0.05) is 50.3 Å². The molecule has 242 valence electrons. The van der Waals surface area contributed by atoms with Crippen LogP contribution >= 0.6 is 0 Å². The van der Waals surface area contributed by atoms with Gasteiger partial charge in [0.05, 0.1) is 6.61 Å². The second-order valence-corrected chi connectivity index (χ2v) is 11.9. The summed E-state index contributed by atoms with van der Waals surface area (Å²) in [6.45, 7) is 6.81. The maximum absolute atomic E-state index is 13.8. The molecular formula is C32H47N5O7. The molecule has 4 amide bonds. The van der Waals surface area contributed by atoms with Crippen molar-refractivity contribution in [3.63, 3.8) is 0 Å². The molecular weight excluding hydrogens is 566 g/mol. The minimum Gasteiger partial charge on any atom is -0.463 e. The third-order valence-corrected chi connectivity index (χ3v) is 7.91. The highest BCUT2D eigenvalue weighted by Crippen LogP contribution is 2.47. The first-order chi connectivity index (χ1) is 21.1. The summed E-state index contributed by atoms with van der Waals surface area (Å²) in [5.41, 5.74) is 5.30. The van der Waals surface area contributed by atoms with Gasteiger partial charge in [0.2, 0.25) is 17.7 Å². The predicted octanol–water partition coefficient (Wildman–Crippen LogP) is 2.07. The van der Waals surface area contributed by atoms with Crippen molar-refractivity contribution in [2.45, 2.75) is 83.5 Å². The van der Waals surface area contributed by atoms with Gasteiger partial charge >= 0.3 is 12.1 Å². The van der Waals surface area contributed by atoms with E-state index in [0.29, 0.717) is 45.2 Å². The third-order valence-electron chi connectivity index (χ3n) is 7.91. The number of benzene rings is 1. The van der Waals surface area contributed by atoms with Crippen molar-refractivity contribution in [2.75, 3.05) is 19.7 Å². The molecule has 1 aliphatic carbocycles. The average molecular weight is 614 g/mol. The molecule has 12 nitrogen and oxygen atoms in total. The number of carbonyl (C=O) groups excluding carboxylic acids is 5. The summed E-state index contributed by atoms with van der Waals surface area (Å²) in [6.07, 6.45) is 4.99. The summed E-state index contributed by atoms with van der Waals surface area (Å²) < 4.78 is 10.4. The summed E-state index contributed by atoms with van der Waals surface area (Å²) in [4.78, 5) is 64.5. The maximum Gasteiger partial charge on any atom is 0.408 e. The van der Waals surface area contributed by atoms with Gasteiger partial charge in [-0.2, -0.15) is 0 Å². The second kappa shape index (κ2) is 16.8. The Bertz CT molecular complexity index is 1170. The Hall–Kier alpha value is -3.93. The van der Waals surface area contributed by atoms with Crippen molar-refractivity contribution in [1.82, 2.24) is 21.3 Å². The van der Waals surface area contributed by atoms with E-state index >= 15 is 0 Å². The second-order valence-electron chi connectivity index (χ2n) is 11.9. The van der Waals surface area contributed by atoms with E-state index in [2.05, 4.69) is 21.3 Å². The molecule has 12 heteroatoms. The van der Waals surface area contributed by atoms with Gasteiger partial charge in [0, 0.05) is 24.6 Å². The molecule has 1 aliphatic heterocycles. The number of nitrogens with one attached hydrogen (secondary N) is 4. The van der Waals surface area contributed by atoms with E-state index < -0.39 is 41.5 Å². The Balaban J connectivity index is 1.73.